The van der Waals surface area contributed by atoms with Crippen molar-refractivity contribution in [2.45, 2.75) is 24.9 Å². The van der Waals surface area contributed by atoms with Crippen LogP contribution in [0.4, 0.5) is 13.2 Å². The number of carboxylic acid groups (broad SMARTS) is 1. The van der Waals surface area contributed by atoms with Gasteiger partial charge in [0.15, 0.2) is 0 Å². The average Bonchev–Trinajstić information content (AvgIpc) is 2.59. The van der Waals surface area contributed by atoms with Crippen molar-refractivity contribution in [3.8, 4) is 0 Å². The van der Waals surface area contributed by atoms with E-state index in [1.807, 2.05) is 0 Å². The number of halogens is 3. The number of Topliss-reactive ketones (excluding diaryl/α,β-unsaturated/α-hetero) is 1. The minimum absolute atomic E-state index is 0.0854. The molecule has 1 amide bonds. The predicted octanol–water partition coefficient (Wildman–Crippen LogP) is 1.44. The van der Waals surface area contributed by atoms with Crippen molar-refractivity contribution in [2.24, 2.45) is 0 Å². The van der Waals surface area contributed by atoms with Gasteiger partial charge >= 0.3 is 12.1 Å². The molecule has 1 rings (SSSR count). The van der Waals surface area contributed by atoms with Crippen LogP contribution in [0, 0.1) is 0 Å². The highest BCUT2D eigenvalue weighted by Gasteiger charge is 2.50. The van der Waals surface area contributed by atoms with Gasteiger partial charge in [-0.25, -0.2) is 0 Å². The molecule has 0 radical (unpaired) electrons. The topological polar surface area (TPSA) is 74.7 Å². The molecule has 0 unspecified atom stereocenters. The summed E-state index contributed by atoms with van der Waals surface area (Å²) < 4.78 is 37.8. The second-order valence-electron chi connectivity index (χ2n) is 3.97. The fourth-order valence-electron chi connectivity index (χ4n) is 1.98. The van der Waals surface area contributed by atoms with Crippen molar-refractivity contribution in [3.05, 3.63) is 11.1 Å². The van der Waals surface area contributed by atoms with Gasteiger partial charge in [0.2, 0.25) is 0 Å². The highest BCUT2D eigenvalue weighted by atomic mass is 32.2. The number of rotatable bonds is 5. The molecule has 0 saturated heterocycles. The van der Waals surface area contributed by atoms with Crippen molar-refractivity contribution >= 4 is 29.4 Å². The molecular formula is C11H12F3NO4S. The van der Waals surface area contributed by atoms with Gasteiger partial charge < -0.3 is 10.0 Å². The zero-order valence-electron chi connectivity index (χ0n) is 10.7. The lowest BCUT2D eigenvalue weighted by Crippen LogP contribution is -2.36. The van der Waals surface area contributed by atoms with Crippen LogP contribution in [0.3, 0.4) is 0 Å². The maximum Gasteiger partial charge on any atom is 0.454 e. The Bertz CT molecular complexity index is 487. The molecule has 0 fully saturated rings. The summed E-state index contributed by atoms with van der Waals surface area (Å²) in [5, 5.41) is 7.61. The Morgan fingerprint density at radius 3 is 2.30 bits per heavy atom. The van der Waals surface area contributed by atoms with Crippen LogP contribution >= 0.6 is 11.8 Å². The molecule has 1 aliphatic rings. The Morgan fingerprint density at radius 1 is 1.40 bits per heavy atom. The van der Waals surface area contributed by atoms with Crippen LogP contribution in [0.2, 0.25) is 0 Å². The van der Waals surface area contributed by atoms with Gasteiger partial charge in [-0.2, -0.15) is 13.2 Å². The monoisotopic (exact) mass is 311 g/mol. The number of hydrogen-bond donors (Lipinski definition) is 1. The highest BCUT2D eigenvalue weighted by molar-refractivity contribution is 7.99. The first-order valence-corrected chi connectivity index (χ1v) is 6.84. The number of carboxylic acids is 1. The number of aliphatic carboxylic acids is 1. The molecule has 1 atom stereocenters. The molecule has 0 spiro atoms. The quantitative estimate of drug-likeness (QED) is 0.831. The number of carbonyl (C=O) groups is 3. The first kappa shape index (κ1) is 16.5. The molecule has 112 valence electrons. The Labute approximate surface area is 116 Å². The van der Waals surface area contributed by atoms with Crippen LogP contribution in [0.5, 0.6) is 0 Å². The van der Waals surface area contributed by atoms with Gasteiger partial charge in [0.1, 0.15) is 5.37 Å². The van der Waals surface area contributed by atoms with Gasteiger partial charge in [-0.05, 0) is 13.2 Å². The van der Waals surface area contributed by atoms with Crippen molar-refractivity contribution in [2.75, 3.05) is 12.8 Å². The SMILES string of the molecule is CCN1C(=O)C(CC(=O)O)=C(C(=O)C(F)(F)F)[C@H]1SC. The molecule has 20 heavy (non-hydrogen) atoms. The van der Waals surface area contributed by atoms with E-state index in [1.165, 1.54) is 6.26 Å². The largest absolute Gasteiger partial charge is 0.481 e. The molecule has 0 bridgehead atoms. The van der Waals surface area contributed by atoms with Crippen LogP contribution in [-0.4, -0.2) is 52.0 Å². The molecule has 1 N–H and O–H groups in total. The molecule has 9 heteroatoms. The summed E-state index contributed by atoms with van der Waals surface area (Å²) in [7, 11) is 0. The lowest BCUT2D eigenvalue weighted by molar-refractivity contribution is -0.166. The summed E-state index contributed by atoms with van der Waals surface area (Å²) in [5.41, 5.74) is -1.35. The van der Waals surface area contributed by atoms with E-state index >= 15 is 0 Å². The Hall–Kier alpha value is -1.51. The van der Waals surface area contributed by atoms with Crippen molar-refractivity contribution < 1.29 is 32.7 Å². The van der Waals surface area contributed by atoms with Crippen LogP contribution in [-0.2, 0) is 14.4 Å². The number of likely N-dealkylation sites (N-methyl/N-ethyl adjacent to an activating group) is 1. The van der Waals surface area contributed by atoms with Gasteiger partial charge in [0.05, 0.1) is 6.42 Å². The lowest BCUT2D eigenvalue weighted by Gasteiger charge is -2.23. The van der Waals surface area contributed by atoms with Crippen LogP contribution in [0.1, 0.15) is 13.3 Å². The van der Waals surface area contributed by atoms with Crippen LogP contribution in [0.15, 0.2) is 11.1 Å². The fourth-order valence-corrected chi connectivity index (χ4v) is 2.96. The zero-order valence-corrected chi connectivity index (χ0v) is 11.5. The van der Waals surface area contributed by atoms with E-state index in [0.29, 0.717) is 0 Å². The summed E-state index contributed by atoms with van der Waals surface area (Å²) >= 11 is 0.886. The summed E-state index contributed by atoms with van der Waals surface area (Å²) in [5.74, 6) is -4.45. The van der Waals surface area contributed by atoms with Gasteiger partial charge in [-0.15, -0.1) is 11.8 Å². The second-order valence-corrected chi connectivity index (χ2v) is 4.89. The number of thioether (sulfide) groups is 1. The maximum atomic E-state index is 12.6. The third-order valence-corrected chi connectivity index (χ3v) is 3.70. The molecular weight excluding hydrogens is 299 g/mol. The smallest absolute Gasteiger partial charge is 0.454 e. The van der Waals surface area contributed by atoms with Crippen molar-refractivity contribution in [1.29, 1.82) is 0 Å². The number of amides is 1. The van der Waals surface area contributed by atoms with E-state index in [4.69, 9.17) is 5.11 Å². The number of nitrogens with zero attached hydrogens (tertiary/aromatic N) is 1. The second kappa shape index (κ2) is 5.86. The number of alkyl halides is 3. The van der Waals surface area contributed by atoms with Gasteiger partial charge in [0.25, 0.3) is 11.7 Å². The summed E-state index contributed by atoms with van der Waals surface area (Å²) in [6, 6.07) is 0. The van der Waals surface area contributed by atoms with Crippen LogP contribution < -0.4 is 0 Å². The Balaban J connectivity index is 3.39. The van der Waals surface area contributed by atoms with Crippen molar-refractivity contribution in [3.63, 3.8) is 0 Å². The van der Waals surface area contributed by atoms with E-state index in [-0.39, 0.29) is 6.54 Å². The average molecular weight is 311 g/mol. The zero-order chi connectivity index (χ0) is 15.7. The highest BCUT2D eigenvalue weighted by Crippen LogP contribution is 2.37. The van der Waals surface area contributed by atoms with Gasteiger partial charge in [-0.1, -0.05) is 0 Å². The molecule has 0 saturated carbocycles. The molecule has 0 aliphatic carbocycles. The normalized spacial score (nSPS) is 19.8. The summed E-state index contributed by atoms with van der Waals surface area (Å²) in [4.78, 5) is 35.2. The third kappa shape index (κ3) is 2.97. The van der Waals surface area contributed by atoms with E-state index in [2.05, 4.69) is 0 Å². The molecule has 1 aliphatic heterocycles. The Morgan fingerprint density at radius 2 is 1.95 bits per heavy atom. The van der Waals surface area contributed by atoms with E-state index in [9.17, 15) is 27.6 Å². The summed E-state index contributed by atoms with van der Waals surface area (Å²) in [6.07, 6.45) is -4.59. The van der Waals surface area contributed by atoms with Gasteiger partial charge in [0, 0.05) is 17.7 Å². The van der Waals surface area contributed by atoms with E-state index in [1.54, 1.807) is 6.92 Å². The molecule has 0 aromatic carbocycles. The maximum absolute atomic E-state index is 12.6. The predicted molar refractivity (Wildman–Crippen MR) is 65.0 cm³/mol. The lowest BCUT2D eigenvalue weighted by atomic mass is 10.0. The number of ketones is 1. The standard InChI is InChI=1S/C11H12F3NO4S/c1-3-15-9(19)5(4-6(16)17)7(10(15)20-2)8(18)11(12,13)14/h10H,3-4H2,1-2H3,(H,16,17)/t10-/m1/s1. The first-order valence-electron chi connectivity index (χ1n) is 5.55. The first-order chi connectivity index (χ1) is 9.15. The van der Waals surface area contributed by atoms with Crippen LogP contribution in [0.25, 0.3) is 0 Å². The third-order valence-electron chi connectivity index (χ3n) is 2.77. The fraction of sp³-hybridized carbons (Fsp3) is 0.545. The van der Waals surface area contributed by atoms with Gasteiger partial charge in [-0.3, -0.25) is 14.4 Å². The number of carbonyl (C=O) groups excluding carboxylic acids is 2. The number of hydrogen-bond acceptors (Lipinski definition) is 4. The molecule has 0 aromatic heterocycles. The molecule has 0 aromatic rings. The van der Waals surface area contributed by atoms with E-state index in [0.717, 1.165) is 16.7 Å². The minimum Gasteiger partial charge on any atom is -0.481 e. The molecule has 5 nitrogen and oxygen atoms in total. The Kier molecular flexibility index (Phi) is 4.85. The van der Waals surface area contributed by atoms with E-state index < -0.39 is 46.8 Å². The van der Waals surface area contributed by atoms with Crippen molar-refractivity contribution in [1.82, 2.24) is 4.90 Å². The minimum atomic E-state index is -5.14. The summed E-state index contributed by atoms with van der Waals surface area (Å²) in [6.45, 7) is 1.63. The molecule has 1 heterocycles.